The first-order valence-corrected chi connectivity index (χ1v) is 17.2. The van der Waals surface area contributed by atoms with Crippen LogP contribution in [0.5, 0.6) is 0 Å². The van der Waals surface area contributed by atoms with Crippen molar-refractivity contribution in [2.75, 3.05) is 0 Å². The van der Waals surface area contributed by atoms with Crippen molar-refractivity contribution in [3.05, 3.63) is 189 Å². The van der Waals surface area contributed by atoms with E-state index < -0.39 is 0 Å². The molecule has 9 aromatic rings. The van der Waals surface area contributed by atoms with Gasteiger partial charge in [-0.25, -0.2) is 9.97 Å². The van der Waals surface area contributed by atoms with Crippen LogP contribution in [0.2, 0.25) is 0 Å². The van der Waals surface area contributed by atoms with Crippen molar-refractivity contribution >= 4 is 10.9 Å². The van der Waals surface area contributed by atoms with E-state index in [1.807, 2.05) is 54.9 Å². The van der Waals surface area contributed by atoms with E-state index in [9.17, 15) is 0 Å². The molecule has 0 radical (unpaired) electrons. The molecule has 9 rings (SSSR count). The Kier molecular flexibility index (Phi) is 8.12. The second-order valence-corrected chi connectivity index (χ2v) is 12.6. The fraction of sp³-hybridized carbons (Fsp3) is 0. The molecular weight excluding hydrogens is 635 g/mol. The van der Waals surface area contributed by atoms with Crippen LogP contribution < -0.4 is 0 Å². The predicted molar refractivity (Wildman–Crippen MR) is 211 cm³/mol. The molecule has 0 bridgehead atoms. The number of rotatable bonds is 7. The lowest BCUT2D eigenvalue weighted by molar-refractivity contribution is 1.23. The number of fused-ring (bicyclic) bond motifs is 1. The van der Waals surface area contributed by atoms with E-state index in [2.05, 4.69) is 131 Å². The number of hydrogen-bond acceptors (Lipinski definition) is 5. The van der Waals surface area contributed by atoms with E-state index >= 15 is 0 Å². The molecular formula is C47H31N5. The minimum Gasteiger partial charge on any atom is -0.264 e. The van der Waals surface area contributed by atoms with Crippen LogP contribution in [0.15, 0.2) is 189 Å². The molecule has 5 heteroatoms. The van der Waals surface area contributed by atoms with Gasteiger partial charge in [-0.2, -0.15) is 0 Å². The third kappa shape index (κ3) is 6.23. The molecule has 0 unspecified atom stereocenters. The zero-order valence-corrected chi connectivity index (χ0v) is 28.1. The number of benzene rings is 5. The Bertz CT molecular complexity index is 2530. The number of aromatic nitrogens is 5. The quantitative estimate of drug-likeness (QED) is 0.169. The Labute approximate surface area is 302 Å². The normalized spacial score (nSPS) is 11.1. The summed E-state index contributed by atoms with van der Waals surface area (Å²) in [5.41, 5.74) is 14.0. The molecule has 244 valence electrons. The van der Waals surface area contributed by atoms with E-state index in [0.717, 1.165) is 83.6 Å². The van der Waals surface area contributed by atoms with Gasteiger partial charge in [-0.15, -0.1) is 0 Å². The van der Waals surface area contributed by atoms with Gasteiger partial charge in [0.05, 0.1) is 22.6 Å². The summed E-state index contributed by atoms with van der Waals surface area (Å²) in [6.45, 7) is 0. The molecule has 0 N–H and O–H groups in total. The number of hydrogen-bond donors (Lipinski definition) is 0. The van der Waals surface area contributed by atoms with Crippen LogP contribution in [-0.4, -0.2) is 24.9 Å². The zero-order chi connectivity index (χ0) is 34.7. The summed E-state index contributed by atoms with van der Waals surface area (Å²) < 4.78 is 0. The molecule has 0 aliphatic carbocycles. The van der Waals surface area contributed by atoms with Crippen LogP contribution in [0.25, 0.3) is 89.4 Å². The Morgan fingerprint density at radius 3 is 1.62 bits per heavy atom. The van der Waals surface area contributed by atoms with Crippen LogP contribution in [0, 0.1) is 0 Å². The van der Waals surface area contributed by atoms with Crippen LogP contribution in [0.3, 0.4) is 0 Å². The van der Waals surface area contributed by atoms with E-state index in [1.165, 1.54) is 0 Å². The summed E-state index contributed by atoms with van der Waals surface area (Å²) >= 11 is 0. The molecule has 0 saturated carbocycles. The standard InChI is InChI=1S/C47H31N5/c1-3-10-32(11-4-1)36-20-22-42-45(29-36)51-47(52-46(42)35-12-5-2-6-13-35)41-27-39(34-18-16-33(17-19-34)37-14-9-24-48-30-37)26-40(28-41)38-21-23-44(50-31-38)43-15-7-8-25-49-43/h1-31H. The van der Waals surface area contributed by atoms with E-state index in [1.54, 1.807) is 12.4 Å². The highest BCUT2D eigenvalue weighted by molar-refractivity contribution is 5.96. The van der Waals surface area contributed by atoms with Crippen LogP contribution >= 0.6 is 0 Å². The van der Waals surface area contributed by atoms with Crippen molar-refractivity contribution < 1.29 is 0 Å². The van der Waals surface area contributed by atoms with Gasteiger partial charge in [0.2, 0.25) is 0 Å². The van der Waals surface area contributed by atoms with Gasteiger partial charge < -0.3 is 0 Å². The second kappa shape index (κ2) is 13.7. The van der Waals surface area contributed by atoms with Gasteiger partial charge in [0.15, 0.2) is 5.82 Å². The first-order valence-electron chi connectivity index (χ1n) is 17.2. The fourth-order valence-corrected chi connectivity index (χ4v) is 6.59. The van der Waals surface area contributed by atoms with E-state index in [-0.39, 0.29) is 0 Å². The maximum atomic E-state index is 5.28. The van der Waals surface area contributed by atoms with Crippen molar-refractivity contribution in [1.29, 1.82) is 0 Å². The van der Waals surface area contributed by atoms with Crippen molar-refractivity contribution in [2.45, 2.75) is 0 Å². The molecule has 5 nitrogen and oxygen atoms in total. The Morgan fingerprint density at radius 1 is 0.327 bits per heavy atom. The van der Waals surface area contributed by atoms with Crippen molar-refractivity contribution in [3.8, 4) is 78.5 Å². The van der Waals surface area contributed by atoms with Gasteiger partial charge in [-0.3, -0.25) is 15.0 Å². The Balaban J connectivity index is 1.22. The molecule has 4 heterocycles. The molecule has 52 heavy (non-hydrogen) atoms. The largest absolute Gasteiger partial charge is 0.264 e. The second-order valence-electron chi connectivity index (χ2n) is 12.6. The van der Waals surface area contributed by atoms with Crippen LogP contribution in [0.1, 0.15) is 0 Å². The van der Waals surface area contributed by atoms with Gasteiger partial charge in [-0.05, 0) is 93.5 Å². The number of nitrogens with zero attached hydrogens (tertiary/aromatic N) is 5. The van der Waals surface area contributed by atoms with Crippen molar-refractivity contribution in [2.24, 2.45) is 0 Å². The summed E-state index contributed by atoms with van der Waals surface area (Å²) in [5, 5.41) is 1.01. The highest BCUT2D eigenvalue weighted by Gasteiger charge is 2.16. The average molecular weight is 666 g/mol. The smallest absolute Gasteiger partial charge is 0.160 e. The highest BCUT2D eigenvalue weighted by atomic mass is 14.9. The van der Waals surface area contributed by atoms with Gasteiger partial charge in [-0.1, -0.05) is 109 Å². The maximum absolute atomic E-state index is 5.28. The van der Waals surface area contributed by atoms with Gasteiger partial charge in [0, 0.05) is 46.9 Å². The van der Waals surface area contributed by atoms with Gasteiger partial charge >= 0.3 is 0 Å². The molecule has 0 fully saturated rings. The van der Waals surface area contributed by atoms with Crippen molar-refractivity contribution in [1.82, 2.24) is 24.9 Å². The molecule has 4 aromatic heterocycles. The lowest BCUT2D eigenvalue weighted by Crippen LogP contribution is -1.97. The molecule has 0 saturated heterocycles. The minimum atomic E-state index is 0.657. The van der Waals surface area contributed by atoms with Gasteiger partial charge in [0.1, 0.15) is 0 Å². The fourth-order valence-electron chi connectivity index (χ4n) is 6.59. The Hall–Kier alpha value is -7.11. The summed E-state index contributed by atoms with van der Waals surface area (Å²) in [7, 11) is 0. The first-order chi connectivity index (χ1) is 25.7. The number of pyridine rings is 3. The third-order valence-electron chi connectivity index (χ3n) is 9.28. The summed E-state index contributed by atoms with van der Waals surface area (Å²) in [6, 6.07) is 56.5. The molecule has 5 aromatic carbocycles. The Morgan fingerprint density at radius 2 is 0.923 bits per heavy atom. The van der Waals surface area contributed by atoms with E-state index in [0.29, 0.717) is 5.82 Å². The summed E-state index contributed by atoms with van der Waals surface area (Å²) in [4.78, 5) is 24.1. The van der Waals surface area contributed by atoms with Crippen LogP contribution in [0.4, 0.5) is 0 Å². The van der Waals surface area contributed by atoms with Crippen LogP contribution in [-0.2, 0) is 0 Å². The first kappa shape index (κ1) is 30.9. The molecule has 0 aliphatic rings. The molecule has 0 aliphatic heterocycles. The predicted octanol–water partition coefficient (Wildman–Crippen LogP) is 11.5. The summed E-state index contributed by atoms with van der Waals surface area (Å²) in [5.74, 6) is 0.657. The highest BCUT2D eigenvalue weighted by Crippen LogP contribution is 2.36. The zero-order valence-electron chi connectivity index (χ0n) is 28.1. The monoisotopic (exact) mass is 665 g/mol. The topological polar surface area (TPSA) is 64.5 Å². The van der Waals surface area contributed by atoms with Gasteiger partial charge in [0.25, 0.3) is 0 Å². The lowest BCUT2D eigenvalue weighted by Gasteiger charge is -2.14. The molecule has 0 atom stereocenters. The molecule has 0 spiro atoms. The minimum absolute atomic E-state index is 0.657. The summed E-state index contributed by atoms with van der Waals surface area (Å²) in [6.07, 6.45) is 7.39. The third-order valence-corrected chi connectivity index (χ3v) is 9.28. The van der Waals surface area contributed by atoms with E-state index in [4.69, 9.17) is 15.0 Å². The molecule has 0 amide bonds. The maximum Gasteiger partial charge on any atom is 0.160 e. The van der Waals surface area contributed by atoms with Crippen molar-refractivity contribution in [3.63, 3.8) is 0 Å². The average Bonchev–Trinajstić information content (AvgIpc) is 3.24. The SMILES string of the molecule is c1ccc(-c2ccc3c(-c4ccccc4)nc(-c4cc(-c5ccc(-c6cccnc6)cc5)cc(-c5ccc(-c6ccccn6)nc5)c4)nc3c2)cc1. The lowest BCUT2D eigenvalue weighted by atomic mass is 9.95.